The van der Waals surface area contributed by atoms with E-state index >= 15 is 0 Å². The number of fused-ring (bicyclic) bond motifs is 1. The maximum Gasteiger partial charge on any atom is 0.213 e. The Hall–Kier alpha value is -3.61. The number of hydrogen-bond donors (Lipinski definition) is 4. The van der Waals surface area contributed by atoms with Gasteiger partial charge in [0.1, 0.15) is 6.07 Å². The van der Waals surface area contributed by atoms with Crippen molar-refractivity contribution in [1.82, 2.24) is 25.9 Å². The zero-order valence-electron chi connectivity index (χ0n) is 23.8. The van der Waals surface area contributed by atoms with Gasteiger partial charge in [0.15, 0.2) is 0 Å². The number of halogens is 2. The normalized spacial score (nSPS) is 16.4. The Kier molecular flexibility index (Phi) is 7.28. The molecule has 3 heterocycles. The second-order valence-corrected chi connectivity index (χ2v) is 12.8. The second-order valence-electron chi connectivity index (χ2n) is 12.4. The predicted molar refractivity (Wildman–Crippen MR) is 158 cm³/mol. The van der Waals surface area contributed by atoms with Gasteiger partial charge in [-0.3, -0.25) is 9.99 Å². The average Bonchev–Trinajstić information content (AvgIpc) is 3.63. The van der Waals surface area contributed by atoms with Crippen molar-refractivity contribution in [2.45, 2.75) is 66.0 Å². The van der Waals surface area contributed by atoms with E-state index in [2.05, 4.69) is 83.5 Å². The topological polar surface area (TPSA) is 101 Å². The highest BCUT2D eigenvalue weighted by Crippen LogP contribution is 2.43. The van der Waals surface area contributed by atoms with Crippen molar-refractivity contribution in [1.29, 1.82) is 5.26 Å². The third-order valence-electron chi connectivity index (χ3n) is 7.65. The number of pyridine rings is 2. The van der Waals surface area contributed by atoms with Crippen molar-refractivity contribution in [2.75, 3.05) is 17.2 Å². The lowest BCUT2D eigenvalue weighted by Gasteiger charge is -2.34. The van der Waals surface area contributed by atoms with Crippen molar-refractivity contribution in [3.63, 3.8) is 0 Å². The minimum atomic E-state index is -0.526. The molecule has 2 aromatic heterocycles. The Balaban J connectivity index is 1.58. The first-order valence-electron chi connectivity index (χ1n) is 13.6. The highest BCUT2D eigenvalue weighted by molar-refractivity contribution is 6.35. The molecule has 4 N–H and O–H groups in total. The molecule has 0 saturated heterocycles. The van der Waals surface area contributed by atoms with Crippen LogP contribution in [-0.4, -0.2) is 27.1 Å². The molecule has 8 nitrogen and oxygen atoms in total. The van der Waals surface area contributed by atoms with Crippen LogP contribution in [0.1, 0.15) is 70.3 Å². The van der Waals surface area contributed by atoms with E-state index in [1.807, 2.05) is 12.1 Å². The fourth-order valence-electron chi connectivity index (χ4n) is 5.08. The number of aryl methyl sites for hydroxylation is 1. The maximum absolute atomic E-state index is 14.0. The number of benzene rings is 1. The van der Waals surface area contributed by atoms with Crippen LogP contribution >= 0.6 is 11.6 Å². The molecule has 210 valence electrons. The maximum atomic E-state index is 14.0. The molecular weight excluding hydrogens is 527 g/mol. The molecule has 0 spiro atoms. The van der Waals surface area contributed by atoms with Crippen molar-refractivity contribution >= 4 is 33.9 Å². The van der Waals surface area contributed by atoms with Crippen LogP contribution in [0.15, 0.2) is 42.4 Å². The van der Waals surface area contributed by atoms with E-state index in [1.54, 1.807) is 19.2 Å². The predicted octanol–water partition coefficient (Wildman–Crippen LogP) is 6.57. The molecule has 40 heavy (non-hydrogen) atoms. The van der Waals surface area contributed by atoms with E-state index in [0.29, 0.717) is 39.9 Å². The minimum Gasteiger partial charge on any atom is -0.383 e. The number of nitriles is 1. The van der Waals surface area contributed by atoms with Crippen LogP contribution in [0.2, 0.25) is 5.02 Å². The summed E-state index contributed by atoms with van der Waals surface area (Å²) in [5.41, 5.74) is 11.3. The number of rotatable bonds is 8. The molecule has 0 radical (unpaired) electrons. The third kappa shape index (κ3) is 5.65. The van der Waals surface area contributed by atoms with Crippen LogP contribution in [0, 0.1) is 35.5 Å². The van der Waals surface area contributed by atoms with Gasteiger partial charge in [0.25, 0.3) is 0 Å². The van der Waals surface area contributed by atoms with Crippen molar-refractivity contribution in [3.8, 4) is 6.07 Å². The van der Waals surface area contributed by atoms with Gasteiger partial charge < -0.3 is 16.1 Å². The van der Waals surface area contributed by atoms with Gasteiger partial charge in [-0.05, 0) is 63.1 Å². The summed E-state index contributed by atoms with van der Waals surface area (Å²) >= 11 is 6.76. The first-order chi connectivity index (χ1) is 18.9. The number of aromatic nitrogens is 2. The van der Waals surface area contributed by atoms with Gasteiger partial charge in [-0.15, -0.1) is 5.53 Å². The summed E-state index contributed by atoms with van der Waals surface area (Å²) in [5, 5.41) is 20.2. The molecule has 1 aliphatic heterocycles. The molecule has 1 aliphatic carbocycles. The molecule has 3 aromatic rings. The summed E-state index contributed by atoms with van der Waals surface area (Å²) in [6.45, 7) is 13.3. The molecule has 1 atom stereocenters. The lowest BCUT2D eigenvalue weighted by Crippen LogP contribution is -2.50. The number of anilines is 2. The van der Waals surface area contributed by atoms with Gasteiger partial charge in [0.05, 0.1) is 39.1 Å². The monoisotopic (exact) mass is 562 g/mol. The van der Waals surface area contributed by atoms with E-state index in [0.717, 1.165) is 22.3 Å². The highest BCUT2D eigenvalue weighted by atomic mass is 35.5. The quantitative estimate of drug-likeness (QED) is 0.229. The Bertz CT molecular complexity index is 1520. The first kappa shape index (κ1) is 27.9. The van der Waals surface area contributed by atoms with E-state index in [4.69, 9.17) is 11.6 Å². The van der Waals surface area contributed by atoms with Crippen molar-refractivity contribution in [2.24, 2.45) is 11.3 Å². The van der Waals surface area contributed by atoms with Crippen LogP contribution in [0.25, 0.3) is 10.9 Å². The van der Waals surface area contributed by atoms with Gasteiger partial charge in [-0.1, -0.05) is 38.4 Å². The largest absolute Gasteiger partial charge is 0.383 e. The van der Waals surface area contributed by atoms with Gasteiger partial charge in [0, 0.05) is 41.3 Å². The highest BCUT2D eigenvalue weighted by Gasteiger charge is 2.43. The van der Waals surface area contributed by atoms with Crippen molar-refractivity contribution < 1.29 is 4.39 Å². The minimum absolute atomic E-state index is 0.00604. The number of hydrogen-bond acceptors (Lipinski definition) is 8. The van der Waals surface area contributed by atoms with E-state index in [9.17, 15) is 9.65 Å². The molecule has 1 fully saturated rings. The van der Waals surface area contributed by atoms with Crippen molar-refractivity contribution in [3.05, 3.63) is 70.2 Å². The molecule has 0 bridgehead atoms. The number of nitrogens with zero attached hydrogens (tertiary/aromatic N) is 4. The standard InChI is InChI=1S/C30H36ClFN8/c1-17-21(9-10-25(32)36-17)28(24-15-40(39-38-24)30(5,6)19-7-8-19)37-20-11-22-26(35-16-29(2,3)4)18(13-33)14-34-27(22)23(31)12-20/h9-12,14-15,19,28,37-39H,7-8,16H2,1-6H3,(H,34,35)/t28-/m0/s1. The molecule has 10 heteroatoms. The van der Waals surface area contributed by atoms with E-state index in [1.165, 1.54) is 18.9 Å². The molecule has 5 rings (SSSR count). The molecule has 1 saturated carbocycles. The van der Waals surface area contributed by atoms with E-state index < -0.39 is 12.0 Å². The van der Waals surface area contributed by atoms with Crippen LogP contribution in [0.3, 0.4) is 0 Å². The lowest BCUT2D eigenvalue weighted by atomic mass is 9.96. The molecule has 2 aliphatic rings. The SMILES string of the molecule is Cc1nc(F)ccc1[C@H](Nc1cc(Cl)c2ncc(C#N)c(NCC(C)(C)C)c2c1)C1=CN(C(C)(C)C2CC2)NN1. The van der Waals surface area contributed by atoms with Gasteiger partial charge in [-0.2, -0.15) is 9.65 Å². The smallest absolute Gasteiger partial charge is 0.213 e. The summed E-state index contributed by atoms with van der Waals surface area (Å²) in [7, 11) is 0. The second kappa shape index (κ2) is 10.4. The van der Waals surface area contributed by atoms with Crippen LogP contribution in [-0.2, 0) is 0 Å². The summed E-state index contributed by atoms with van der Waals surface area (Å²) in [6.07, 6.45) is 6.03. The Labute approximate surface area is 240 Å². The molecule has 0 amide bonds. The summed E-state index contributed by atoms with van der Waals surface area (Å²) in [5.74, 6) is 0.0829. The summed E-state index contributed by atoms with van der Waals surface area (Å²) in [4.78, 5) is 8.57. The van der Waals surface area contributed by atoms with E-state index in [-0.39, 0.29) is 11.0 Å². The Morgan fingerprint density at radius 2 is 1.98 bits per heavy atom. The van der Waals surface area contributed by atoms with Crippen LogP contribution in [0.4, 0.5) is 15.8 Å². The first-order valence-corrected chi connectivity index (χ1v) is 13.9. The summed E-state index contributed by atoms with van der Waals surface area (Å²) in [6, 6.07) is 8.76. The van der Waals surface area contributed by atoms with Gasteiger partial charge in [0.2, 0.25) is 5.95 Å². The molecular formula is C30H36ClFN8. The number of nitrogens with one attached hydrogen (secondary N) is 4. The zero-order chi connectivity index (χ0) is 28.8. The number of hydrazine groups is 2. The Morgan fingerprint density at radius 3 is 2.62 bits per heavy atom. The zero-order valence-corrected chi connectivity index (χ0v) is 24.5. The fourth-order valence-corrected chi connectivity index (χ4v) is 5.35. The summed E-state index contributed by atoms with van der Waals surface area (Å²) < 4.78 is 14.0. The molecule has 1 aromatic carbocycles. The lowest BCUT2D eigenvalue weighted by molar-refractivity contribution is 0.100. The van der Waals surface area contributed by atoms with Crippen LogP contribution < -0.4 is 21.6 Å². The van der Waals surface area contributed by atoms with Gasteiger partial charge in [-0.25, -0.2) is 4.98 Å². The fraction of sp³-hybridized carbons (Fsp3) is 0.433. The average molecular weight is 563 g/mol. The Morgan fingerprint density at radius 1 is 1.23 bits per heavy atom. The third-order valence-corrected chi connectivity index (χ3v) is 7.94. The van der Waals surface area contributed by atoms with Gasteiger partial charge >= 0.3 is 0 Å². The molecule has 0 unspecified atom stereocenters. The van der Waals surface area contributed by atoms with Crippen LogP contribution in [0.5, 0.6) is 0 Å².